The number of rotatable bonds is 6. The van der Waals surface area contributed by atoms with E-state index < -0.39 is 0 Å². The minimum absolute atomic E-state index is 0.0622. The Kier molecular flexibility index (Phi) is 4.81. The molecule has 2 aliphatic heterocycles. The number of carbonyl (C=O) groups is 1. The molecular formula is C19H27N3O2. The predicted octanol–water partition coefficient (Wildman–Crippen LogP) is 1.63. The van der Waals surface area contributed by atoms with Gasteiger partial charge in [-0.15, -0.1) is 0 Å². The fourth-order valence-corrected chi connectivity index (χ4v) is 3.99. The van der Waals surface area contributed by atoms with Gasteiger partial charge in [-0.05, 0) is 68.2 Å². The fourth-order valence-electron chi connectivity index (χ4n) is 3.99. The van der Waals surface area contributed by atoms with Gasteiger partial charge in [-0.2, -0.15) is 0 Å². The van der Waals surface area contributed by atoms with Gasteiger partial charge in [-0.3, -0.25) is 9.78 Å². The number of nitrogens with zero attached hydrogens (tertiary/aromatic N) is 2. The first kappa shape index (κ1) is 16.0. The molecule has 2 saturated heterocycles. The maximum Gasteiger partial charge on any atom is 0.249 e. The second-order valence-electron chi connectivity index (χ2n) is 7.55. The van der Waals surface area contributed by atoms with Crippen LogP contribution in [0.25, 0.3) is 0 Å². The van der Waals surface area contributed by atoms with Crippen molar-refractivity contribution in [2.24, 2.45) is 11.8 Å². The summed E-state index contributed by atoms with van der Waals surface area (Å²) in [6.45, 7) is 4.08. The zero-order valence-electron chi connectivity index (χ0n) is 14.2. The van der Waals surface area contributed by atoms with E-state index in [1.807, 2.05) is 12.1 Å². The summed E-state index contributed by atoms with van der Waals surface area (Å²) in [6.07, 6.45) is 9.28. The Labute approximate surface area is 143 Å². The third-order valence-corrected chi connectivity index (χ3v) is 5.60. The van der Waals surface area contributed by atoms with Gasteiger partial charge in [0, 0.05) is 32.0 Å². The summed E-state index contributed by atoms with van der Waals surface area (Å²) in [5, 5.41) is 3.04. The number of piperidine rings is 1. The second kappa shape index (κ2) is 7.19. The molecule has 24 heavy (non-hydrogen) atoms. The lowest BCUT2D eigenvalue weighted by atomic mass is 9.91. The van der Waals surface area contributed by atoms with E-state index in [0.29, 0.717) is 12.5 Å². The van der Waals surface area contributed by atoms with Crippen LogP contribution >= 0.6 is 0 Å². The van der Waals surface area contributed by atoms with Crippen molar-refractivity contribution < 1.29 is 9.53 Å². The maximum atomic E-state index is 12.4. The Morgan fingerprint density at radius 1 is 1.29 bits per heavy atom. The largest absolute Gasteiger partial charge is 0.364 e. The van der Waals surface area contributed by atoms with Crippen LogP contribution in [0.3, 0.4) is 0 Å². The van der Waals surface area contributed by atoms with E-state index in [-0.39, 0.29) is 18.1 Å². The number of pyridine rings is 1. The van der Waals surface area contributed by atoms with Crippen molar-refractivity contribution in [2.75, 3.05) is 26.2 Å². The van der Waals surface area contributed by atoms with E-state index in [0.717, 1.165) is 25.3 Å². The van der Waals surface area contributed by atoms with Crippen LogP contribution in [0.15, 0.2) is 24.5 Å². The summed E-state index contributed by atoms with van der Waals surface area (Å²) in [5.41, 5.74) is 1.20. The number of likely N-dealkylation sites (tertiary alicyclic amines) is 1. The average Bonchev–Trinajstić information content (AvgIpc) is 3.31. The van der Waals surface area contributed by atoms with Gasteiger partial charge in [0.05, 0.1) is 6.10 Å². The number of ether oxygens (including phenoxy) is 1. The van der Waals surface area contributed by atoms with Crippen molar-refractivity contribution in [1.82, 2.24) is 15.2 Å². The molecular weight excluding hydrogens is 302 g/mol. The quantitative estimate of drug-likeness (QED) is 0.862. The molecule has 1 saturated carbocycles. The molecule has 1 amide bonds. The van der Waals surface area contributed by atoms with E-state index in [1.165, 1.54) is 37.9 Å². The molecule has 0 unspecified atom stereocenters. The number of amides is 1. The van der Waals surface area contributed by atoms with Gasteiger partial charge in [0.1, 0.15) is 6.10 Å². The van der Waals surface area contributed by atoms with Crippen LogP contribution in [0.4, 0.5) is 0 Å². The molecule has 5 heteroatoms. The number of hydrogen-bond donors (Lipinski definition) is 1. The first-order valence-corrected chi connectivity index (χ1v) is 9.32. The molecule has 4 rings (SSSR count). The molecule has 3 aliphatic rings. The van der Waals surface area contributed by atoms with Gasteiger partial charge in [-0.1, -0.05) is 0 Å². The van der Waals surface area contributed by atoms with Crippen LogP contribution < -0.4 is 5.32 Å². The number of aromatic nitrogens is 1. The number of fused-ring (bicyclic) bond motifs is 1. The van der Waals surface area contributed by atoms with Gasteiger partial charge in [0.15, 0.2) is 0 Å². The standard InChI is InChI=1S/C19H27N3O2/c23-19(21-9-5-14-3-7-20-8-4-14)17-11-16-6-10-22(12-15-1-2-15)13-18(16)24-17/h3-4,7-8,15-18H,1-2,5-6,9-13H2,(H,21,23)/t16-,17-,18-/m0/s1. The Balaban J connectivity index is 1.21. The molecule has 0 radical (unpaired) electrons. The molecule has 130 valence electrons. The Morgan fingerprint density at radius 3 is 2.92 bits per heavy atom. The van der Waals surface area contributed by atoms with Crippen molar-refractivity contribution in [3.05, 3.63) is 30.1 Å². The van der Waals surface area contributed by atoms with Gasteiger partial charge >= 0.3 is 0 Å². The Bertz CT molecular complexity index is 561. The van der Waals surface area contributed by atoms with Gasteiger partial charge < -0.3 is 15.0 Å². The van der Waals surface area contributed by atoms with Crippen LogP contribution in [0.2, 0.25) is 0 Å². The third-order valence-electron chi connectivity index (χ3n) is 5.60. The second-order valence-corrected chi connectivity index (χ2v) is 7.55. The lowest BCUT2D eigenvalue weighted by Crippen LogP contribution is -2.43. The topological polar surface area (TPSA) is 54.5 Å². The molecule has 1 N–H and O–H groups in total. The summed E-state index contributed by atoms with van der Waals surface area (Å²) in [6, 6.07) is 3.97. The maximum absolute atomic E-state index is 12.4. The monoisotopic (exact) mass is 329 g/mol. The highest BCUT2D eigenvalue weighted by molar-refractivity contribution is 5.81. The van der Waals surface area contributed by atoms with Crippen molar-refractivity contribution in [3.8, 4) is 0 Å². The van der Waals surface area contributed by atoms with Gasteiger partial charge in [0.2, 0.25) is 5.91 Å². The highest BCUT2D eigenvalue weighted by Crippen LogP contribution is 2.36. The number of hydrogen-bond acceptors (Lipinski definition) is 4. The number of nitrogens with one attached hydrogen (secondary N) is 1. The summed E-state index contributed by atoms with van der Waals surface area (Å²) in [4.78, 5) is 18.9. The van der Waals surface area contributed by atoms with Gasteiger partial charge in [0.25, 0.3) is 0 Å². The highest BCUT2D eigenvalue weighted by atomic mass is 16.5. The molecule has 3 heterocycles. The Morgan fingerprint density at radius 2 is 2.12 bits per heavy atom. The van der Waals surface area contributed by atoms with Crippen molar-refractivity contribution in [3.63, 3.8) is 0 Å². The lowest BCUT2D eigenvalue weighted by molar-refractivity contribution is -0.132. The predicted molar refractivity (Wildman–Crippen MR) is 91.5 cm³/mol. The van der Waals surface area contributed by atoms with Crippen molar-refractivity contribution in [2.45, 2.75) is 44.3 Å². The molecule has 1 aromatic heterocycles. The summed E-state index contributed by atoms with van der Waals surface area (Å²) >= 11 is 0. The SMILES string of the molecule is O=C(NCCc1ccncc1)[C@@H]1C[C@@H]2CCN(CC3CC3)C[C@@H]2O1. The minimum atomic E-state index is -0.252. The van der Waals surface area contributed by atoms with Crippen molar-refractivity contribution >= 4 is 5.91 Å². The average molecular weight is 329 g/mol. The highest BCUT2D eigenvalue weighted by Gasteiger charge is 2.42. The lowest BCUT2D eigenvalue weighted by Gasteiger charge is -2.34. The normalized spacial score (nSPS) is 30.1. The first-order chi connectivity index (χ1) is 11.8. The molecule has 1 aromatic rings. The van der Waals surface area contributed by atoms with Gasteiger partial charge in [-0.25, -0.2) is 0 Å². The molecule has 0 aromatic carbocycles. The minimum Gasteiger partial charge on any atom is -0.364 e. The Hall–Kier alpha value is -1.46. The van der Waals surface area contributed by atoms with Crippen LogP contribution in [-0.4, -0.2) is 54.2 Å². The van der Waals surface area contributed by atoms with E-state index in [1.54, 1.807) is 12.4 Å². The van der Waals surface area contributed by atoms with Crippen LogP contribution in [0, 0.1) is 11.8 Å². The molecule has 0 spiro atoms. The molecule has 3 fully saturated rings. The molecule has 0 bridgehead atoms. The summed E-state index contributed by atoms with van der Waals surface area (Å²) in [5.74, 6) is 1.55. The van der Waals surface area contributed by atoms with E-state index in [9.17, 15) is 4.79 Å². The molecule has 5 nitrogen and oxygen atoms in total. The molecule has 3 atom stereocenters. The van der Waals surface area contributed by atoms with E-state index in [2.05, 4.69) is 15.2 Å². The van der Waals surface area contributed by atoms with Crippen LogP contribution in [0.5, 0.6) is 0 Å². The zero-order chi connectivity index (χ0) is 16.4. The fraction of sp³-hybridized carbons (Fsp3) is 0.684. The number of carbonyl (C=O) groups excluding carboxylic acids is 1. The summed E-state index contributed by atoms with van der Waals surface area (Å²) in [7, 11) is 0. The van der Waals surface area contributed by atoms with Crippen LogP contribution in [0.1, 0.15) is 31.2 Å². The van der Waals surface area contributed by atoms with Crippen LogP contribution in [-0.2, 0) is 16.0 Å². The van der Waals surface area contributed by atoms with E-state index in [4.69, 9.17) is 4.74 Å². The van der Waals surface area contributed by atoms with Crippen molar-refractivity contribution in [1.29, 1.82) is 0 Å². The molecule has 1 aliphatic carbocycles. The first-order valence-electron chi connectivity index (χ1n) is 9.32. The summed E-state index contributed by atoms with van der Waals surface area (Å²) < 4.78 is 6.10. The zero-order valence-corrected chi connectivity index (χ0v) is 14.2. The smallest absolute Gasteiger partial charge is 0.249 e. The third kappa shape index (κ3) is 3.95. The van der Waals surface area contributed by atoms with E-state index >= 15 is 0 Å².